The number of hydrazine groups is 1. The predicted molar refractivity (Wildman–Crippen MR) is 142 cm³/mol. The maximum atomic E-state index is 12.1. The molecule has 6 rings (SSSR count). The van der Waals surface area contributed by atoms with Crippen molar-refractivity contribution >= 4 is 40.1 Å². The topological polar surface area (TPSA) is 110 Å². The van der Waals surface area contributed by atoms with Gasteiger partial charge >= 0.3 is 6.03 Å². The number of nitrogens with zero attached hydrogens (tertiary/aromatic N) is 4. The number of aromatic nitrogens is 3. The van der Waals surface area contributed by atoms with E-state index in [1.54, 1.807) is 26.5 Å². The molecule has 178 valence electrons. The van der Waals surface area contributed by atoms with Crippen LogP contribution in [0.25, 0.3) is 33.4 Å². The van der Waals surface area contributed by atoms with E-state index < -0.39 is 0 Å². The average molecular weight is 477 g/mol. The standard InChI is InChI=1S/C27H24N8O/c1-35(2)27(36)31-18-10-16(13-28-15-18)17-11-21-25(33-34-26(21)30-14-17)24-12-20-19(6-5-8-23(20)32-24)22-7-3-4-9-29-22/h3-15,26,32-34H,1-2H3,(H,31,36). The Bertz CT molecular complexity index is 1570. The van der Waals surface area contributed by atoms with E-state index in [0.29, 0.717) is 5.69 Å². The van der Waals surface area contributed by atoms with Gasteiger partial charge in [0.1, 0.15) is 6.17 Å². The summed E-state index contributed by atoms with van der Waals surface area (Å²) in [6, 6.07) is 15.9. The molecule has 5 heterocycles. The monoisotopic (exact) mass is 476 g/mol. The number of rotatable bonds is 4. The molecule has 0 saturated heterocycles. The fraction of sp³-hybridized carbons (Fsp3) is 0.111. The van der Waals surface area contributed by atoms with E-state index in [2.05, 4.69) is 55.4 Å². The minimum Gasteiger partial charge on any atom is -0.353 e. The maximum Gasteiger partial charge on any atom is 0.321 e. The van der Waals surface area contributed by atoms with Gasteiger partial charge < -0.3 is 20.6 Å². The third kappa shape index (κ3) is 3.91. The summed E-state index contributed by atoms with van der Waals surface area (Å²) in [6.07, 6.45) is 8.92. The first-order valence-corrected chi connectivity index (χ1v) is 11.5. The first-order valence-electron chi connectivity index (χ1n) is 11.5. The van der Waals surface area contributed by atoms with Crippen LogP contribution in [0.2, 0.25) is 0 Å². The fourth-order valence-electron chi connectivity index (χ4n) is 4.37. The van der Waals surface area contributed by atoms with E-state index in [1.807, 2.05) is 42.7 Å². The molecule has 0 spiro atoms. The summed E-state index contributed by atoms with van der Waals surface area (Å²) < 4.78 is 0. The molecule has 0 radical (unpaired) electrons. The second kappa shape index (κ2) is 8.79. The number of pyridine rings is 2. The summed E-state index contributed by atoms with van der Waals surface area (Å²) in [4.78, 5) is 30.6. The molecule has 0 bridgehead atoms. The number of aliphatic imine (C=N–C) groups is 1. The molecule has 1 unspecified atom stereocenters. The number of hydrogen-bond donors (Lipinski definition) is 4. The number of allylic oxidation sites excluding steroid dienone is 1. The quantitative estimate of drug-likeness (QED) is 0.356. The minimum absolute atomic E-state index is 0.199. The first kappa shape index (κ1) is 21.8. The Labute approximate surface area is 207 Å². The molecule has 9 nitrogen and oxygen atoms in total. The van der Waals surface area contributed by atoms with Crippen molar-refractivity contribution in [1.82, 2.24) is 30.7 Å². The smallest absolute Gasteiger partial charge is 0.321 e. The maximum absolute atomic E-state index is 12.1. The molecule has 4 N–H and O–H groups in total. The van der Waals surface area contributed by atoms with Crippen LogP contribution >= 0.6 is 0 Å². The lowest BCUT2D eigenvalue weighted by molar-refractivity contribution is 0.230. The molecule has 0 aliphatic carbocycles. The van der Waals surface area contributed by atoms with Gasteiger partial charge in [-0.15, -0.1) is 0 Å². The van der Waals surface area contributed by atoms with Gasteiger partial charge in [-0.3, -0.25) is 15.0 Å². The molecule has 2 aliphatic heterocycles. The van der Waals surface area contributed by atoms with E-state index in [-0.39, 0.29) is 12.2 Å². The molecule has 2 aliphatic rings. The van der Waals surface area contributed by atoms with Crippen LogP contribution in [0, 0.1) is 0 Å². The molecule has 4 aromatic rings. The van der Waals surface area contributed by atoms with Crippen LogP contribution in [-0.4, -0.2) is 52.4 Å². The number of benzene rings is 1. The van der Waals surface area contributed by atoms with Gasteiger partial charge in [0.25, 0.3) is 0 Å². The Kier molecular flexibility index (Phi) is 5.31. The van der Waals surface area contributed by atoms with Crippen LogP contribution in [0.5, 0.6) is 0 Å². The highest BCUT2D eigenvalue weighted by molar-refractivity contribution is 6.12. The van der Waals surface area contributed by atoms with E-state index in [9.17, 15) is 4.79 Å². The number of anilines is 1. The Morgan fingerprint density at radius 3 is 2.83 bits per heavy atom. The van der Waals surface area contributed by atoms with Gasteiger partial charge in [0, 0.05) is 65.9 Å². The number of carbonyl (C=O) groups is 1. The zero-order valence-corrected chi connectivity index (χ0v) is 19.8. The number of hydrogen-bond acceptors (Lipinski definition) is 6. The van der Waals surface area contributed by atoms with Crippen LogP contribution in [0.1, 0.15) is 11.3 Å². The van der Waals surface area contributed by atoms with Crippen molar-refractivity contribution in [1.29, 1.82) is 0 Å². The summed E-state index contributed by atoms with van der Waals surface area (Å²) in [5.41, 5.74) is 14.9. The number of fused-ring (bicyclic) bond motifs is 2. The van der Waals surface area contributed by atoms with Crippen molar-refractivity contribution in [2.45, 2.75) is 6.17 Å². The van der Waals surface area contributed by atoms with Crippen molar-refractivity contribution in [2.24, 2.45) is 4.99 Å². The zero-order chi connectivity index (χ0) is 24.6. The molecule has 1 aromatic carbocycles. The van der Waals surface area contributed by atoms with Crippen molar-refractivity contribution in [3.8, 4) is 11.3 Å². The van der Waals surface area contributed by atoms with Crippen molar-refractivity contribution in [3.05, 3.63) is 90.0 Å². The Balaban J connectivity index is 1.38. The molecular weight excluding hydrogens is 452 g/mol. The number of urea groups is 1. The van der Waals surface area contributed by atoms with Gasteiger partial charge in [-0.2, -0.15) is 0 Å². The molecule has 1 atom stereocenters. The molecule has 3 aromatic heterocycles. The molecule has 9 heteroatoms. The van der Waals surface area contributed by atoms with Crippen LogP contribution in [0.3, 0.4) is 0 Å². The molecule has 0 saturated carbocycles. The second-order valence-corrected chi connectivity index (χ2v) is 8.83. The van der Waals surface area contributed by atoms with E-state index >= 15 is 0 Å². The number of dihydropyridines is 1. The third-order valence-corrected chi connectivity index (χ3v) is 6.19. The lowest BCUT2D eigenvalue weighted by atomic mass is 9.99. The van der Waals surface area contributed by atoms with Gasteiger partial charge in [-0.1, -0.05) is 18.2 Å². The van der Waals surface area contributed by atoms with Crippen LogP contribution in [0.15, 0.2) is 83.8 Å². The Morgan fingerprint density at radius 1 is 1.08 bits per heavy atom. The Morgan fingerprint density at radius 2 is 2.00 bits per heavy atom. The van der Waals surface area contributed by atoms with Crippen molar-refractivity contribution in [3.63, 3.8) is 0 Å². The average Bonchev–Trinajstić information content (AvgIpc) is 3.53. The van der Waals surface area contributed by atoms with Crippen LogP contribution in [-0.2, 0) is 0 Å². The first-order chi connectivity index (χ1) is 17.6. The molecule has 2 amide bonds. The number of H-pyrrole nitrogens is 1. The Hall–Kier alpha value is -4.76. The lowest BCUT2D eigenvalue weighted by Gasteiger charge is -2.15. The summed E-state index contributed by atoms with van der Waals surface area (Å²) in [6.45, 7) is 0. The minimum atomic E-state index is -0.210. The van der Waals surface area contributed by atoms with Gasteiger partial charge in [0.15, 0.2) is 0 Å². The van der Waals surface area contributed by atoms with E-state index in [4.69, 9.17) is 4.99 Å². The molecular formula is C27H24N8O. The summed E-state index contributed by atoms with van der Waals surface area (Å²) in [7, 11) is 3.39. The van der Waals surface area contributed by atoms with Gasteiger partial charge in [-0.05, 0) is 36.4 Å². The predicted octanol–water partition coefficient (Wildman–Crippen LogP) is 4.03. The summed E-state index contributed by atoms with van der Waals surface area (Å²) in [5, 5.41) is 3.94. The largest absolute Gasteiger partial charge is 0.353 e. The molecule has 0 fully saturated rings. The van der Waals surface area contributed by atoms with Gasteiger partial charge in [0.2, 0.25) is 0 Å². The highest BCUT2D eigenvalue weighted by atomic mass is 16.2. The normalized spacial score (nSPS) is 16.5. The highest BCUT2D eigenvalue weighted by Gasteiger charge is 2.27. The van der Waals surface area contributed by atoms with Crippen LogP contribution in [0.4, 0.5) is 10.5 Å². The van der Waals surface area contributed by atoms with Gasteiger partial charge in [-0.25, -0.2) is 10.2 Å². The van der Waals surface area contributed by atoms with E-state index in [0.717, 1.165) is 50.3 Å². The summed E-state index contributed by atoms with van der Waals surface area (Å²) in [5.74, 6) is 0. The number of aromatic amines is 1. The SMILES string of the molecule is CN(C)C(=O)Nc1cncc(C2=CC3=C(c4cc5c(-c6ccccn6)cccc5[nH]4)NNC3N=C2)c1. The number of carbonyl (C=O) groups excluding carboxylic acids is 1. The fourth-order valence-corrected chi connectivity index (χ4v) is 4.37. The van der Waals surface area contributed by atoms with E-state index in [1.165, 1.54) is 4.90 Å². The second-order valence-electron chi connectivity index (χ2n) is 8.83. The third-order valence-electron chi connectivity index (χ3n) is 6.19. The van der Waals surface area contributed by atoms with Crippen molar-refractivity contribution < 1.29 is 4.79 Å². The highest BCUT2D eigenvalue weighted by Crippen LogP contribution is 2.34. The number of nitrogens with one attached hydrogen (secondary N) is 4. The molecule has 36 heavy (non-hydrogen) atoms. The number of amides is 2. The zero-order valence-electron chi connectivity index (χ0n) is 19.8. The van der Waals surface area contributed by atoms with Crippen LogP contribution < -0.4 is 16.2 Å². The lowest BCUT2D eigenvalue weighted by Crippen LogP contribution is -2.31. The summed E-state index contributed by atoms with van der Waals surface area (Å²) >= 11 is 0. The van der Waals surface area contributed by atoms with Gasteiger partial charge in [0.05, 0.1) is 29.0 Å². The van der Waals surface area contributed by atoms with Crippen molar-refractivity contribution in [2.75, 3.05) is 19.4 Å².